The minimum Gasteiger partial charge on any atom is -0.396 e. The molecule has 0 amide bonds. The topological polar surface area (TPSA) is 74.6 Å². The normalized spacial score (nSPS) is 13.3. The van der Waals surface area contributed by atoms with Gasteiger partial charge < -0.3 is 5.11 Å². The Bertz CT molecular complexity index is 354. The molecule has 2 N–H and O–H groups in total. The fraction of sp³-hybridized carbons (Fsp3) is 1.00. The van der Waals surface area contributed by atoms with Crippen molar-refractivity contribution in [2.24, 2.45) is 0 Å². The smallest absolute Gasteiger partial charge is 0.267 e. The summed E-state index contributed by atoms with van der Waals surface area (Å²) >= 11 is 0. The van der Waals surface area contributed by atoms with Gasteiger partial charge in [-0.05, 0) is 19.3 Å². The van der Waals surface area contributed by atoms with Crippen LogP contribution in [0.1, 0.15) is 110 Å². The van der Waals surface area contributed by atoms with Crippen molar-refractivity contribution in [2.45, 2.75) is 115 Å². The van der Waals surface area contributed by atoms with Crippen LogP contribution in [0.25, 0.3) is 0 Å². The van der Waals surface area contributed by atoms with Gasteiger partial charge in [0.05, 0.1) is 5.25 Å². The molecule has 0 rings (SSSR count). The van der Waals surface area contributed by atoms with Crippen LogP contribution in [0.5, 0.6) is 0 Å². The van der Waals surface area contributed by atoms with E-state index in [9.17, 15) is 8.42 Å². The molecule has 0 bridgehead atoms. The summed E-state index contributed by atoms with van der Waals surface area (Å²) in [7, 11) is -3.85. The first-order valence-corrected chi connectivity index (χ1v) is 11.6. The van der Waals surface area contributed by atoms with E-state index in [1.54, 1.807) is 0 Å². The molecule has 0 spiro atoms. The van der Waals surface area contributed by atoms with Gasteiger partial charge in [-0.15, -0.1) is 0 Å². The van der Waals surface area contributed by atoms with E-state index < -0.39 is 15.4 Å². The van der Waals surface area contributed by atoms with Gasteiger partial charge in [0.2, 0.25) is 0 Å². The van der Waals surface area contributed by atoms with Crippen LogP contribution in [-0.2, 0) is 10.1 Å². The molecule has 1 atom stereocenters. The van der Waals surface area contributed by atoms with E-state index in [-0.39, 0.29) is 0 Å². The Hall–Kier alpha value is -0.130. The molecule has 0 aliphatic heterocycles. The molecule has 146 valence electrons. The molecular formula is C19H40O4S. The lowest BCUT2D eigenvalue weighted by Crippen LogP contribution is -2.19. The third-order valence-corrected chi connectivity index (χ3v) is 6.22. The molecule has 0 saturated carbocycles. The maximum atomic E-state index is 11.1. The van der Waals surface area contributed by atoms with Crippen molar-refractivity contribution in [1.82, 2.24) is 0 Å². The van der Waals surface area contributed by atoms with E-state index in [4.69, 9.17) is 9.66 Å². The molecule has 0 aromatic rings. The summed E-state index contributed by atoms with van der Waals surface area (Å²) in [5, 5.41) is 8.12. The summed E-state index contributed by atoms with van der Waals surface area (Å²) < 4.78 is 31.2. The van der Waals surface area contributed by atoms with E-state index in [0.29, 0.717) is 19.4 Å². The summed E-state index contributed by atoms with van der Waals surface area (Å²) in [6.45, 7) is 2.15. The summed E-state index contributed by atoms with van der Waals surface area (Å²) in [5.74, 6) is 0. The van der Waals surface area contributed by atoms with Crippen molar-refractivity contribution in [1.29, 1.82) is 0 Å². The first-order chi connectivity index (χ1) is 11.5. The zero-order chi connectivity index (χ0) is 18.1. The van der Waals surface area contributed by atoms with E-state index in [2.05, 4.69) is 0 Å². The van der Waals surface area contributed by atoms with Crippen molar-refractivity contribution in [2.75, 3.05) is 6.61 Å². The molecule has 24 heavy (non-hydrogen) atoms. The first-order valence-electron chi connectivity index (χ1n) is 10.1. The fourth-order valence-corrected chi connectivity index (χ4v) is 4.05. The lowest BCUT2D eigenvalue weighted by Gasteiger charge is -2.10. The minimum atomic E-state index is -3.85. The second kappa shape index (κ2) is 16.3. The number of rotatable bonds is 18. The van der Waals surface area contributed by atoms with Crippen molar-refractivity contribution >= 4 is 10.1 Å². The van der Waals surface area contributed by atoms with Crippen LogP contribution in [0.2, 0.25) is 0 Å². The lowest BCUT2D eigenvalue weighted by molar-refractivity contribution is 0.282. The van der Waals surface area contributed by atoms with Gasteiger partial charge in [0.25, 0.3) is 10.1 Å². The van der Waals surface area contributed by atoms with Crippen LogP contribution < -0.4 is 0 Å². The Labute approximate surface area is 150 Å². The Morgan fingerprint density at radius 3 is 1.29 bits per heavy atom. The molecule has 0 aromatic carbocycles. The van der Waals surface area contributed by atoms with Gasteiger partial charge in [-0.25, -0.2) is 0 Å². The van der Waals surface area contributed by atoms with Crippen molar-refractivity contribution in [3.8, 4) is 0 Å². The van der Waals surface area contributed by atoms with Gasteiger partial charge >= 0.3 is 0 Å². The van der Waals surface area contributed by atoms with Crippen molar-refractivity contribution in [3.05, 3.63) is 0 Å². The maximum Gasteiger partial charge on any atom is 0.267 e. The van der Waals surface area contributed by atoms with Crippen molar-refractivity contribution in [3.63, 3.8) is 0 Å². The van der Waals surface area contributed by atoms with Gasteiger partial charge in [-0.3, -0.25) is 4.55 Å². The van der Waals surface area contributed by atoms with Crippen LogP contribution in [-0.4, -0.2) is 29.9 Å². The first kappa shape index (κ1) is 23.9. The summed E-state index contributed by atoms with van der Waals surface area (Å²) in [4.78, 5) is 0. The molecule has 5 heteroatoms. The van der Waals surface area contributed by atoms with Crippen LogP contribution in [0.4, 0.5) is 0 Å². The number of aliphatic hydroxyl groups is 1. The van der Waals surface area contributed by atoms with Gasteiger partial charge in [-0.1, -0.05) is 90.4 Å². The number of unbranched alkanes of at least 4 members (excludes halogenated alkanes) is 13. The van der Waals surface area contributed by atoms with E-state index in [0.717, 1.165) is 19.3 Å². The predicted octanol–water partition coefficient (Wildman–Crippen LogP) is 5.50. The summed E-state index contributed by atoms with van der Waals surface area (Å²) in [6.07, 6.45) is 18.1. The Morgan fingerprint density at radius 1 is 0.667 bits per heavy atom. The van der Waals surface area contributed by atoms with Gasteiger partial charge in [0, 0.05) is 6.61 Å². The number of hydrogen-bond donors (Lipinski definition) is 2. The van der Waals surface area contributed by atoms with E-state index in [1.807, 2.05) is 6.92 Å². The highest BCUT2D eigenvalue weighted by molar-refractivity contribution is 7.86. The van der Waals surface area contributed by atoms with Crippen molar-refractivity contribution < 1.29 is 18.1 Å². The fourth-order valence-electron chi connectivity index (χ4n) is 3.17. The predicted molar refractivity (Wildman–Crippen MR) is 102 cm³/mol. The van der Waals surface area contributed by atoms with Crippen LogP contribution in [0.15, 0.2) is 0 Å². The number of hydrogen-bond acceptors (Lipinski definition) is 3. The minimum absolute atomic E-state index is 0.333. The van der Waals surface area contributed by atoms with Gasteiger partial charge in [-0.2, -0.15) is 8.42 Å². The summed E-state index contributed by atoms with van der Waals surface area (Å²) in [5.41, 5.74) is 0. The zero-order valence-electron chi connectivity index (χ0n) is 15.7. The van der Waals surface area contributed by atoms with Crippen LogP contribution >= 0.6 is 0 Å². The molecular weight excluding hydrogens is 324 g/mol. The SMILES string of the molecule is CCC(CCCCCCCCCCCCCCCCO)S(=O)(=O)O. The van der Waals surface area contributed by atoms with Crippen LogP contribution in [0.3, 0.4) is 0 Å². The molecule has 0 fully saturated rings. The highest BCUT2D eigenvalue weighted by Gasteiger charge is 2.19. The Morgan fingerprint density at radius 2 is 1.00 bits per heavy atom. The lowest BCUT2D eigenvalue weighted by atomic mass is 10.0. The highest BCUT2D eigenvalue weighted by Crippen LogP contribution is 2.16. The van der Waals surface area contributed by atoms with E-state index in [1.165, 1.54) is 70.6 Å². The number of aliphatic hydroxyl groups excluding tert-OH is 1. The Kier molecular flexibility index (Phi) is 16.3. The molecule has 0 aliphatic rings. The third-order valence-electron chi connectivity index (χ3n) is 4.81. The monoisotopic (exact) mass is 364 g/mol. The highest BCUT2D eigenvalue weighted by atomic mass is 32.2. The average Bonchev–Trinajstić information content (AvgIpc) is 2.53. The Balaban J connectivity index is 3.23. The molecule has 1 unspecified atom stereocenters. The second-order valence-corrected chi connectivity index (χ2v) is 8.70. The third kappa shape index (κ3) is 15.4. The standard InChI is InChI=1S/C19H40O4S/c1-2-19(24(21,22)23)17-15-13-11-9-7-5-3-4-6-8-10-12-14-16-18-20/h19-20H,2-18H2,1H3,(H,21,22,23). The molecule has 0 saturated heterocycles. The summed E-state index contributed by atoms with van der Waals surface area (Å²) in [6, 6.07) is 0. The zero-order valence-corrected chi connectivity index (χ0v) is 16.5. The molecule has 0 radical (unpaired) electrons. The van der Waals surface area contributed by atoms with Crippen LogP contribution in [0, 0.1) is 0 Å². The van der Waals surface area contributed by atoms with E-state index >= 15 is 0 Å². The molecule has 4 nitrogen and oxygen atoms in total. The van der Waals surface area contributed by atoms with Gasteiger partial charge in [0.15, 0.2) is 0 Å². The quantitative estimate of drug-likeness (QED) is 0.249. The molecule has 0 heterocycles. The average molecular weight is 365 g/mol. The van der Waals surface area contributed by atoms with Gasteiger partial charge in [0.1, 0.15) is 0 Å². The largest absolute Gasteiger partial charge is 0.396 e. The molecule has 0 aromatic heterocycles. The second-order valence-electron chi connectivity index (χ2n) is 7.01. The maximum absolute atomic E-state index is 11.1. The molecule has 0 aliphatic carbocycles.